The van der Waals surface area contributed by atoms with E-state index < -0.39 is 12.1 Å². The Morgan fingerprint density at radius 1 is 0.800 bits per heavy atom. The number of aromatic amines is 2. The number of likely N-dealkylation sites (tertiary alicyclic amines) is 2. The third-order valence-electron chi connectivity index (χ3n) is 12.4. The number of nitrogens with one attached hydrogen (secondary N) is 3. The van der Waals surface area contributed by atoms with Gasteiger partial charge >= 0.3 is 6.09 Å². The van der Waals surface area contributed by atoms with Gasteiger partial charge < -0.3 is 39.3 Å². The van der Waals surface area contributed by atoms with Crippen LogP contribution >= 0.6 is 0 Å². The molecule has 13 heteroatoms. The highest BCUT2D eigenvalue weighted by Gasteiger charge is 2.54. The lowest BCUT2D eigenvalue weighted by Gasteiger charge is -2.29. The molecule has 4 atom stereocenters. The first kappa shape index (κ1) is 41.2. The predicted octanol–water partition coefficient (Wildman–Crippen LogP) is 8.07. The molecule has 5 aromatic rings. The van der Waals surface area contributed by atoms with E-state index in [2.05, 4.69) is 94.7 Å². The minimum atomic E-state index is -0.766. The van der Waals surface area contributed by atoms with Crippen molar-refractivity contribution in [2.45, 2.75) is 84.0 Å². The highest BCUT2D eigenvalue weighted by atomic mass is 16.5. The molecule has 3 aliphatic rings. The number of ether oxygens (including phenoxy) is 3. The summed E-state index contributed by atoms with van der Waals surface area (Å²) < 4.78 is 16.1. The molecule has 60 heavy (non-hydrogen) atoms. The summed E-state index contributed by atoms with van der Waals surface area (Å²) in [7, 11) is 2.91. The van der Waals surface area contributed by atoms with Crippen molar-refractivity contribution >= 4 is 28.7 Å². The van der Waals surface area contributed by atoms with Crippen LogP contribution < -0.4 is 5.32 Å². The predicted molar refractivity (Wildman–Crippen MR) is 230 cm³/mol. The number of rotatable bonds is 14. The zero-order valence-corrected chi connectivity index (χ0v) is 35.5. The molecule has 1 spiro atoms. The van der Waals surface area contributed by atoms with E-state index in [9.17, 15) is 14.4 Å². The van der Waals surface area contributed by atoms with Crippen molar-refractivity contribution in [3.8, 4) is 33.6 Å². The number of carbonyl (C=O) groups is 3. The fourth-order valence-electron chi connectivity index (χ4n) is 8.91. The Hall–Kier alpha value is -5.53. The van der Waals surface area contributed by atoms with E-state index in [-0.39, 0.29) is 41.3 Å². The number of amides is 3. The lowest BCUT2D eigenvalue weighted by atomic mass is 9.98. The monoisotopic (exact) mass is 815 g/mol. The molecule has 1 saturated carbocycles. The number of methoxy groups -OCH3 is 2. The number of hydrogen-bond acceptors (Lipinski definition) is 8. The maximum Gasteiger partial charge on any atom is 0.407 e. The Bertz CT molecular complexity index is 2330. The Labute approximate surface area is 351 Å². The zero-order valence-electron chi connectivity index (χ0n) is 35.5. The van der Waals surface area contributed by atoms with Crippen LogP contribution in [0.5, 0.6) is 0 Å². The maximum absolute atomic E-state index is 13.9. The summed E-state index contributed by atoms with van der Waals surface area (Å²) in [5.74, 6) is 1.73. The van der Waals surface area contributed by atoms with Crippen LogP contribution in [0.15, 0.2) is 73.1 Å². The number of imidazole rings is 2. The Balaban J connectivity index is 0.963. The average molecular weight is 816 g/mol. The number of hydrogen-bond donors (Lipinski definition) is 3. The zero-order chi connectivity index (χ0) is 42.1. The lowest BCUT2D eigenvalue weighted by Crippen LogP contribution is -2.51. The second-order valence-electron chi connectivity index (χ2n) is 17.6. The molecule has 0 bridgehead atoms. The summed E-state index contributed by atoms with van der Waals surface area (Å²) in [5, 5.41) is 4.98. The van der Waals surface area contributed by atoms with Crippen LogP contribution in [-0.4, -0.2) is 100 Å². The molecule has 3 fully saturated rings. The molecule has 316 valence electrons. The van der Waals surface area contributed by atoms with E-state index in [1.165, 1.54) is 20.0 Å². The van der Waals surface area contributed by atoms with Gasteiger partial charge in [-0.3, -0.25) is 9.59 Å². The van der Waals surface area contributed by atoms with Crippen LogP contribution in [0, 0.1) is 17.3 Å². The van der Waals surface area contributed by atoms with Gasteiger partial charge in [-0.1, -0.05) is 76.2 Å². The fraction of sp³-hybridized carbons (Fsp3) is 0.468. The first-order valence-electron chi connectivity index (χ1n) is 21.2. The van der Waals surface area contributed by atoms with Crippen molar-refractivity contribution in [2.75, 3.05) is 40.5 Å². The van der Waals surface area contributed by atoms with Gasteiger partial charge in [0.25, 0.3) is 0 Å². The number of H-pyrrole nitrogens is 2. The number of benzene rings is 3. The summed E-state index contributed by atoms with van der Waals surface area (Å²) in [6, 6.07) is 20.2. The van der Waals surface area contributed by atoms with Crippen LogP contribution in [0.25, 0.3) is 44.4 Å². The van der Waals surface area contributed by atoms with Gasteiger partial charge in [0, 0.05) is 38.6 Å². The van der Waals surface area contributed by atoms with Gasteiger partial charge in [-0.25, -0.2) is 14.8 Å². The topological polar surface area (TPSA) is 155 Å². The van der Waals surface area contributed by atoms with Crippen molar-refractivity contribution in [1.29, 1.82) is 0 Å². The third kappa shape index (κ3) is 8.69. The molecule has 4 heterocycles. The second kappa shape index (κ2) is 17.2. The molecule has 4 unspecified atom stereocenters. The molecule has 2 aliphatic heterocycles. The first-order chi connectivity index (χ1) is 28.9. The van der Waals surface area contributed by atoms with Crippen LogP contribution in [0.3, 0.4) is 0 Å². The van der Waals surface area contributed by atoms with E-state index in [0.29, 0.717) is 44.3 Å². The van der Waals surface area contributed by atoms with E-state index in [1.807, 2.05) is 20.0 Å². The van der Waals surface area contributed by atoms with E-state index >= 15 is 0 Å². The highest BCUT2D eigenvalue weighted by molar-refractivity contribution is 5.91. The molecular formula is C47H57N7O6. The van der Waals surface area contributed by atoms with E-state index in [1.54, 1.807) is 18.2 Å². The Morgan fingerprint density at radius 3 is 2.05 bits per heavy atom. The van der Waals surface area contributed by atoms with Gasteiger partial charge in [0.15, 0.2) is 0 Å². The molecule has 3 N–H and O–H groups in total. The van der Waals surface area contributed by atoms with Gasteiger partial charge in [-0.2, -0.15) is 0 Å². The molecule has 3 aromatic carbocycles. The summed E-state index contributed by atoms with van der Waals surface area (Å²) in [5.41, 5.74) is 6.30. The van der Waals surface area contributed by atoms with Crippen LogP contribution in [-0.2, 0) is 23.8 Å². The minimum absolute atomic E-state index is 0.00520. The van der Waals surface area contributed by atoms with Gasteiger partial charge in [0.2, 0.25) is 11.8 Å². The number of nitrogens with zero attached hydrogens (tertiary/aromatic N) is 4. The molecule has 2 aromatic heterocycles. The number of alkyl carbamates (subject to hydrolysis) is 1. The summed E-state index contributed by atoms with van der Waals surface area (Å²) in [4.78, 5) is 59.8. The smallest absolute Gasteiger partial charge is 0.407 e. The maximum atomic E-state index is 13.9. The van der Waals surface area contributed by atoms with Crippen LogP contribution in [0.2, 0.25) is 0 Å². The minimum Gasteiger partial charge on any atom is -0.453 e. The van der Waals surface area contributed by atoms with Crippen LogP contribution in [0.1, 0.15) is 83.5 Å². The standard InChI is InChI=1S/C47H57N7O6/c1-28(2)19-41(55)54-27-47(15-16-47)23-40(54)44-49-25-38(51-44)35-14-13-33-20-32(11-12-34(33)21-35)30-7-9-31(10-8-30)37-24-48-43(50-37)39-22-36(60-18-17-58-5)26-53(39)45(56)42(29(3)4)52-46(57)59-6/h7-14,20-21,24-25,28-29,36,39-40,42H,15-19,22-23,26-27H2,1-6H3,(H,48,50)(H,49,51)(H,52,57). The summed E-state index contributed by atoms with van der Waals surface area (Å²) in [6.45, 7) is 10.1. The lowest BCUT2D eigenvalue weighted by molar-refractivity contribution is -0.136. The Kier molecular flexibility index (Phi) is 11.8. The van der Waals surface area contributed by atoms with Crippen molar-refractivity contribution in [1.82, 2.24) is 35.1 Å². The van der Waals surface area contributed by atoms with E-state index in [0.717, 1.165) is 63.2 Å². The van der Waals surface area contributed by atoms with Crippen molar-refractivity contribution in [2.24, 2.45) is 17.3 Å². The van der Waals surface area contributed by atoms with Crippen molar-refractivity contribution in [3.63, 3.8) is 0 Å². The largest absolute Gasteiger partial charge is 0.453 e. The molecule has 0 radical (unpaired) electrons. The van der Waals surface area contributed by atoms with Gasteiger partial charge in [0.05, 0.1) is 62.3 Å². The van der Waals surface area contributed by atoms with Crippen LogP contribution in [0.4, 0.5) is 4.79 Å². The SMILES string of the molecule is COCCOC1CC(c2ncc(-c3ccc(-c4ccc5cc(-c6cnc(C7CC8(CC8)CN7C(=O)CC(C)C)[nH]6)ccc5c4)cc3)[nH]2)N(C(=O)C(NC(=O)OC)C(C)C)C1. The molecule has 2 saturated heterocycles. The molecule has 1 aliphatic carbocycles. The second-order valence-corrected chi connectivity index (χ2v) is 17.6. The normalized spacial score (nSPS) is 20.1. The number of fused-ring (bicyclic) bond motifs is 1. The fourth-order valence-corrected chi connectivity index (χ4v) is 8.91. The molecule has 13 nitrogen and oxygen atoms in total. The average Bonchev–Trinajstić information content (AvgIpc) is 3.73. The number of carbonyl (C=O) groups excluding carboxylic acids is 3. The Morgan fingerprint density at radius 2 is 1.42 bits per heavy atom. The summed E-state index contributed by atoms with van der Waals surface area (Å²) >= 11 is 0. The third-order valence-corrected chi connectivity index (χ3v) is 12.4. The van der Waals surface area contributed by atoms with E-state index in [4.69, 9.17) is 24.2 Å². The van der Waals surface area contributed by atoms with Gasteiger partial charge in [0.1, 0.15) is 17.7 Å². The molecule has 8 rings (SSSR count). The van der Waals surface area contributed by atoms with Crippen molar-refractivity contribution in [3.05, 3.63) is 84.7 Å². The van der Waals surface area contributed by atoms with Gasteiger partial charge in [-0.15, -0.1) is 0 Å². The molecular weight excluding hydrogens is 759 g/mol. The highest BCUT2D eigenvalue weighted by Crippen LogP contribution is 2.58. The van der Waals surface area contributed by atoms with Gasteiger partial charge in [-0.05, 0) is 76.1 Å². The van der Waals surface area contributed by atoms with Crippen molar-refractivity contribution < 1.29 is 28.6 Å². The quantitative estimate of drug-likeness (QED) is 0.0952. The number of aromatic nitrogens is 4. The summed E-state index contributed by atoms with van der Waals surface area (Å²) in [6.07, 6.45) is 7.34. The first-order valence-corrected chi connectivity index (χ1v) is 21.2. The molecule has 3 amide bonds.